The van der Waals surface area contributed by atoms with Crippen LogP contribution in [-0.4, -0.2) is 29.7 Å². The molecule has 2 fully saturated rings. The number of nitriles is 1. The van der Waals surface area contributed by atoms with Crippen molar-refractivity contribution in [1.29, 1.82) is 5.26 Å². The molecule has 0 spiro atoms. The molecule has 0 aromatic rings. The highest BCUT2D eigenvalue weighted by Crippen LogP contribution is 2.41. The first-order valence-electron chi connectivity index (χ1n) is 6.26. The first-order chi connectivity index (χ1) is 7.89. The summed E-state index contributed by atoms with van der Waals surface area (Å²) in [6.45, 7) is 7.17. The van der Waals surface area contributed by atoms with Crippen molar-refractivity contribution in [3.05, 3.63) is 0 Å². The standard InChI is InChI=1S/C13H20N2O2/c1-13(2,3)17-12(16)15-7-10-4-9(6-14)5-11(10)8-15/h9-11H,4-5,7-8H2,1-3H3/t9?,10-,11?/m1/s1. The Morgan fingerprint density at radius 1 is 1.29 bits per heavy atom. The number of nitrogens with zero attached hydrogens (tertiary/aromatic N) is 2. The van der Waals surface area contributed by atoms with Crippen molar-refractivity contribution < 1.29 is 9.53 Å². The van der Waals surface area contributed by atoms with Crippen molar-refractivity contribution >= 4 is 6.09 Å². The quantitative estimate of drug-likeness (QED) is 0.649. The van der Waals surface area contributed by atoms with Crippen molar-refractivity contribution in [3.8, 4) is 6.07 Å². The van der Waals surface area contributed by atoms with Gasteiger partial charge in [0.25, 0.3) is 0 Å². The van der Waals surface area contributed by atoms with Gasteiger partial charge in [0.05, 0.1) is 6.07 Å². The highest BCUT2D eigenvalue weighted by atomic mass is 16.6. The first-order valence-corrected chi connectivity index (χ1v) is 6.26. The molecule has 1 saturated heterocycles. The number of fused-ring (bicyclic) bond motifs is 1. The molecule has 1 saturated carbocycles. The number of rotatable bonds is 0. The normalized spacial score (nSPS) is 32.1. The molecule has 94 valence electrons. The number of hydrogen-bond donors (Lipinski definition) is 0. The van der Waals surface area contributed by atoms with Crippen molar-refractivity contribution in [3.63, 3.8) is 0 Å². The molecule has 1 heterocycles. The monoisotopic (exact) mass is 236 g/mol. The van der Waals surface area contributed by atoms with Crippen LogP contribution in [-0.2, 0) is 4.74 Å². The van der Waals surface area contributed by atoms with Crippen LogP contribution in [0, 0.1) is 29.1 Å². The fourth-order valence-corrected chi connectivity index (χ4v) is 2.88. The van der Waals surface area contributed by atoms with Gasteiger partial charge in [0.15, 0.2) is 0 Å². The average molecular weight is 236 g/mol. The van der Waals surface area contributed by atoms with E-state index < -0.39 is 5.60 Å². The number of likely N-dealkylation sites (tertiary alicyclic amines) is 1. The Bertz CT molecular complexity index is 339. The van der Waals surface area contributed by atoms with E-state index in [2.05, 4.69) is 6.07 Å². The summed E-state index contributed by atoms with van der Waals surface area (Å²) in [7, 11) is 0. The molecule has 2 aliphatic rings. The van der Waals surface area contributed by atoms with Gasteiger partial charge in [0, 0.05) is 19.0 Å². The molecule has 0 bridgehead atoms. The number of hydrogen-bond acceptors (Lipinski definition) is 3. The molecular weight excluding hydrogens is 216 g/mol. The fourth-order valence-electron chi connectivity index (χ4n) is 2.88. The Labute approximate surface area is 103 Å². The highest BCUT2D eigenvalue weighted by Gasteiger charge is 2.43. The van der Waals surface area contributed by atoms with E-state index in [4.69, 9.17) is 10.00 Å². The SMILES string of the molecule is CC(C)(C)OC(=O)N1CC2CC(C#N)C[C@@H]2C1. The minimum Gasteiger partial charge on any atom is -0.444 e. The van der Waals surface area contributed by atoms with Gasteiger partial charge >= 0.3 is 6.09 Å². The summed E-state index contributed by atoms with van der Waals surface area (Å²) in [5.74, 6) is 1.21. The molecule has 0 aromatic heterocycles. The van der Waals surface area contributed by atoms with Crippen molar-refractivity contribution in [1.82, 2.24) is 4.90 Å². The van der Waals surface area contributed by atoms with E-state index in [1.54, 1.807) is 4.90 Å². The van der Waals surface area contributed by atoms with Gasteiger partial charge in [0.1, 0.15) is 5.60 Å². The van der Waals surface area contributed by atoms with Crippen LogP contribution in [0.2, 0.25) is 0 Å². The Hall–Kier alpha value is -1.24. The molecule has 0 N–H and O–H groups in total. The lowest BCUT2D eigenvalue weighted by Gasteiger charge is -2.25. The third-order valence-electron chi connectivity index (χ3n) is 3.59. The van der Waals surface area contributed by atoms with Crippen LogP contribution < -0.4 is 0 Å². The van der Waals surface area contributed by atoms with Crippen LogP contribution in [0.15, 0.2) is 0 Å². The molecule has 3 atom stereocenters. The zero-order valence-corrected chi connectivity index (χ0v) is 10.8. The Morgan fingerprint density at radius 3 is 2.24 bits per heavy atom. The molecule has 2 rings (SSSR count). The highest BCUT2D eigenvalue weighted by molar-refractivity contribution is 5.68. The summed E-state index contributed by atoms with van der Waals surface area (Å²) in [6.07, 6.45) is 1.68. The van der Waals surface area contributed by atoms with E-state index in [0.29, 0.717) is 11.8 Å². The zero-order chi connectivity index (χ0) is 12.6. The molecule has 17 heavy (non-hydrogen) atoms. The second-order valence-electron chi connectivity index (χ2n) is 6.20. The summed E-state index contributed by atoms with van der Waals surface area (Å²) < 4.78 is 5.36. The smallest absolute Gasteiger partial charge is 0.410 e. The van der Waals surface area contributed by atoms with Crippen LogP contribution in [0.1, 0.15) is 33.6 Å². The van der Waals surface area contributed by atoms with Gasteiger partial charge in [-0.2, -0.15) is 5.26 Å². The van der Waals surface area contributed by atoms with Crippen molar-refractivity contribution in [2.75, 3.05) is 13.1 Å². The fraction of sp³-hybridized carbons (Fsp3) is 0.846. The van der Waals surface area contributed by atoms with E-state index in [9.17, 15) is 4.79 Å². The predicted octanol–water partition coefficient (Wildman–Crippen LogP) is 2.40. The molecule has 2 unspecified atom stereocenters. The van der Waals surface area contributed by atoms with E-state index in [-0.39, 0.29) is 12.0 Å². The number of amides is 1. The zero-order valence-electron chi connectivity index (χ0n) is 10.8. The predicted molar refractivity (Wildman–Crippen MR) is 63.1 cm³/mol. The topological polar surface area (TPSA) is 53.3 Å². The van der Waals surface area contributed by atoms with Gasteiger partial charge < -0.3 is 9.64 Å². The van der Waals surface area contributed by atoms with Gasteiger partial charge in [0.2, 0.25) is 0 Å². The molecule has 1 aliphatic heterocycles. The summed E-state index contributed by atoms with van der Waals surface area (Å²) in [5, 5.41) is 8.89. The first kappa shape index (κ1) is 12.2. The summed E-state index contributed by atoms with van der Waals surface area (Å²) >= 11 is 0. The average Bonchev–Trinajstić information content (AvgIpc) is 2.70. The lowest BCUT2D eigenvalue weighted by Crippen LogP contribution is -2.36. The van der Waals surface area contributed by atoms with Crippen LogP contribution in [0.3, 0.4) is 0 Å². The van der Waals surface area contributed by atoms with E-state index in [1.807, 2.05) is 20.8 Å². The summed E-state index contributed by atoms with van der Waals surface area (Å²) in [6, 6.07) is 2.34. The maximum atomic E-state index is 11.9. The Morgan fingerprint density at radius 2 is 1.82 bits per heavy atom. The lowest BCUT2D eigenvalue weighted by molar-refractivity contribution is 0.0279. The largest absolute Gasteiger partial charge is 0.444 e. The van der Waals surface area contributed by atoms with Crippen molar-refractivity contribution in [2.24, 2.45) is 17.8 Å². The molecule has 1 amide bonds. The second kappa shape index (κ2) is 4.21. The lowest BCUT2D eigenvalue weighted by atomic mass is 10.0. The third-order valence-corrected chi connectivity index (χ3v) is 3.59. The summed E-state index contributed by atoms with van der Waals surface area (Å²) in [5.41, 5.74) is -0.427. The molecule has 1 aliphatic carbocycles. The van der Waals surface area contributed by atoms with Gasteiger partial charge in [-0.1, -0.05) is 0 Å². The molecule has 0 aromatic carbocycles. The van der Waals surface area contributed by atoms with Gasteiger partial charge in [-0.05, 0) is 45.4 Å². The Balaban J connectivity index is 1.89. The van der Waals surface area contributed by atoms with Gasteiger partial charge in [-0.15, -0.1) is 0 Å². The molecule has 0 radical (unpaired) electrons. The van der Waals surface area contributed by atoms with E-state index >= 15 is 0 Å². The minimum atomic E-state index is -0.427. The maximum absolute atomic E-state index is 11.9. The molecule has 4 nitrogen and oxygen atoms in total. The van der Waals surface area contributed by atoms with Crippen molar-refractivity contribution in [2.45, 2.75) is 39.2 Å². The van der Waals surface area contributed by atoms with Crippen LogP contribution in [0.25, 0.3) is 0 Å². The number of carbonyl (C=O) groups excluding carboxylic acids is 1. The Kier molecular flexibility index (Phi) is 3.03. The van der Waals surface area contributed by atoms with Crippen LogP contribution >= 0.6 is 0 Å². The van der Waals surface area contributed by atoms with Crippen LogP contribution in [0.5, 0.6) is 0 Å². The van der Waals surface area contributed by atoms with E-state index in [0.717, 1.165) is 25.9 Å². The number of carbonyl (C=O) groups is 1. The number of ether oxygens (including phenoxy) is 1. The molecule has 4 heteroatoms. The van der Waals surface area contributed by atoms with Gasteiger partial charge in [-0.25, -0.2) is 4.79 Å². The summed E-state index contributed by atoms with van der Waals surface area (Å²) in [4.78, 5) is 13.7. The van der Waals surface area contributed by atoms with Crippen LogP contribution in [0.4, 0.5) is 4.79 Å². The van der Waals surface area contributed by atoms with Gasteiger partial charge in [-0.3, -0.25) is 0 Å². The molecular formula is C13H20N2O2. The second-order valence-corrected chi connectivity index (χ2v) is 6.20. The third kappa shape index (κ3) is 2.71. The van der Waals surface area contributed by atoms with E-state index in [1.165, 1.54) is 0 Å². The maximum Gasteiger partial charge on any atom is 0.410 e. The minimum absolute atomic E-state index is 0.200.